The second-order valence-corrected chi connectivity index (χ2v) is 5.84. The number of likely N-dealkylation sites (tertiary alicyclic amines) is 1. The maximum atomic E-state index is 11.9. The van der Waals surface area contributed by atoms with E-state index in [1.54, 1.807) is 12.1 Å². The quantitative estimate of drug-likeness (QED) is 0.698. The summed E-state index contributed by atoms with van der Waals surface area (Å²) in [4.78, 5) is 25.4. The highest BCUT2D eigenvalue weighted by Crippen LogP contribution is 2.29. The van der Waals surface area contributed by atoms with E-state index in [0.29, 0.717) is 30.9 Å². The van der Waals surface area contributed by atoms with Crippen LogP contribution in [-0.2, 0) is 9.59 Å². The first-order valence-corrected chi connectivity index (χ1v) is 7.07. The molecular formula is C15H22N4O2. The summed E-state index contributed by atoms with van der Waals surface area (Å²) in [5.41, 5.74) is 11.9. The third-order valence-corrected chi connectivity index (χ3v) is 4.04. The molecule has 1 heterocycles. The fraction of sp³-hybridized carbons (Fsp3) is 0.467. The molecule has 5 N–H and O–H groups in total. The number of nitrogen functional groups attached to an aromatic ring is 1. The number of hydrogen-bond acceptors (Lipinski definition) is 4. The number of rotatable bonds is 5. The van der Waals surface area contributed by atoms with E-state index in [1.165, 1.54) is 0 Å². The second-order valence-electron chi connectivity index (χ2n) is 5.84. The average Bonchev–Trinajstić information content (AvgIpc) is 2.82. The normalized spacial score (nSPS) is 22.1. The van der Waals surface area contributed by atoms with Crippen LogP contribution in [0, 0.1) is 5.41 Å². The van der Waals surface area contributed by atoms with Crippen molar-refractivity contribution in [2.45, 2.75) is 19.8 Å². The lowest BCUT2D eigenvalue weighted by atomic mass is 9.89. The van der Waals surface area contributed by atoms with Gasteiger partial charge in [0.1, 0.15) is 0 Å². The van der Waals surface area contributed by atoms with Gasteiger partial charge in [-0.3, -0.25) is 9.59 Å². The van der Waals surface area contributed by atoms with Crippen LogP contribution in [0.2, 0.25) is 0 Å². The lowest BCUT2D eigenvalue weighted by molar-refractivity contribution is -0.126. The van der Waals surface area contributed by atoms with Gasteiger partial charge in [-0.25, -0.2) is 0 Å². The standard InChI is InChI=1S/C15H22N4O2/c1-15(14(17)21)7-9-19(10-15)8-6-13(20)18-12-5-3-2-4-11(12)16/h2-5H,6-10,16H2,1H3,(H2,17,21)(H,18,20). The van der Waals surface area contributed by atoms with E-state index in [-0.39, 0.29) is 11.8 Å². The highest BCUT2D eigenvalue weighted by molar-refractivity contribution is 5.93. The minimum absolute atomic E-state index is 0.0828. The molecule has 1 unspecified atom stereocenters. The maximum Gasteiger partial charge on any atom is 0.225 e. The van der Waals surface area contributed by atoms with Gasteiger partial charge in [0.2, 0.25) is 11.8 Å². The van der Waals surface area contributed by atoms with Crippen molar-refractivity contribution in [2.75, 3.05) is 30.7 Å². The van der Waals surface area contributed by atoms with Crippen LogP contribution in [0.1, 0.15) is 19.8 Å². The van der Waals surface area contributed by atoms with Crippen molar-refractivity contribution in [1.29, 1.82) is 0 Å². The lowest BCUT2D eigenvalue weighted by Crippen LogP contribution is -2.37. The van der Waals surface area contributed by atoms with Gasteiger partial charge in [-0.1, -0.05) is 12.1 Å². The molecule has 6 heteroatoms. The van der Waals surface area contributed by atoms with Gasteiger partial charge < -0.3 is 21.7 Å². The van der Waals surface area contributed by atoms with Crippen LogP contribution in [0.3, 0.4) is 0 Å². The van der Waals surface area contributed by atoms with Crippen molar-refractivity contribution < 1.29 is 9.59 Å². The van der Waals surface area contributed by atoms with Gasteiger partial charge in [0.25, 0.3) is 0 Å². The van der Waals surface area contributed by atoms with E-state index in [9.17, 15) is 9.59 Å². The van der Waals surface area contributed by atoms with Crippen LogP contribution >= 0.6 is 0 Å². The number of nitrogens with two attached hydrogens (primary N) is 2. The van der Waals surface area contributed by atoms with E-state index in [4.69, 9.17) is 11.5 Å². The number of anilines is 2. The van der Waals surface area contributed by atoms with E-state index < -0.39 is 5.41 Å². The molecule has 114 valence electrons. The maximum absolute atomic E-state index is 11.9. The number of nitrogens with zero attached hydrogens (tertiary/aromatic N) is 1. The molecule has 0 spiro atoms. The van der Waals surface area contributed by atoms with E-state index in [0.717, 1.165) is 13.0 Å². The molecule has 21 heavy (non-hydrogen) atoms. The number of carbonyl (C=O) groups is 2. The molecule has 0 bridgehead atoms. The molecule has 1 aliphatic heterocycles. The van der Waals surface area contributed by atoms with Crippen molar-refractivity contribution >= 4 is 23.2 Å². The summed E-state index contributed by atoms with van der Waals surface area (Å²) < 4.78 is 0. The highest BCUT2D eigenvalue weighted by Gasteiger charge is 2.38. The second kappa shape index (κ2) is 6.13. The summed E-state index contributed by atoms with van der Waals surface area (Å²) in [7, 11) is 0. The Hall–Kier alpha value is -2.08. The van der Waals surface area contributed by atoms with Gasteiger partial charge in [0.15, 0.2) is 0 Å². The number of para-hydroxylation sites is 2. The minimum Gasteiger partial charge on any atom is -0.397 e. The molecule has 6 nitrogen and oxygen atoms in total. The summed E-state index contributed by atoms with van der Waals surface area (Å²) in [6.07, 6.45) is 1.11. The number of hydrogen-bond donors (Lipinski definition) is 3. The number of nitrogens with one attached hydrogen (secondary N) is 1. The smallest absolute Gasteiger partial charge is 0.225 e. The van der Waals surface area contributed by atoms with E-state index in [2.05, 4.69) is 10.2 Å². The van der Waals surface area contributed by atoms with Gasteiger partial charge in [0.05, 0.1) is 16.8 Å². The van der Waals surface area contributed by atoms with E-state index >= 15 is 0 Å². The molecule has 1 aromatic rings. The van der Waals surface area contributed by atoms with Crippen LogP contribution in [0.5, 0.6) is 0 Å². The summed E-state index contributed by atoms with van der Waals surface area (Å²) >= 11 is 0. The summed E-state index contributed by atoms with van der Waals surface area (Å²) in [6.45, 7) is 3.89. The third-order valence-electron chi connectivity index (χ3n) is 4.04. The molecular weight excluding hydrogens is 268 g/mol. The number of carbonyl (C=O) groups excluding carboxylic acids is 2. The Morgan fingerprint density at radius 1 is 1.38 bits per heavy atom. The van der Waals surface area contributed by atoms with Crippen molar-refractivity contribution in [3.63, 3.8) is 0 Å². The van der Waals surface area contributed by atoms with Gasteiger partial charge in [0, 0.05) is 19.5 Å². The first-order chi connectivity index (χ1) is 9.90. The molecule has 0 aliphatic carbocycles. The Bertz CT molecular complexity index is 546. The Morgan fingerprint density at radius 2 is 2.10 bits per heavy atom. The highest BCUT2D eigenvalue weighted by atomic mass is 16.2. The topological polar surface area (TPSA) is 101 Å². The molecule has 1 fully saturated rings. The average molecular weight is 290 g/mol. The zero-order valence-electron chi connectivity index (χ0n) is 12.3. The lowest BCUT2D eigenvalue weighted by Gasteiger charge is -2.20. The Kier molecular flexibility index (Phi) is 4.47. The van der Waals surface area contributed by atoms with Crippen molar-refractivity contribution in [3.05, 3.63) is 24.3 Å². The summed E-state index contributed by atoms with van der Waals surface area (Å²) in [5.74, 6) is -0.355. The van der Waals surface area contributed by atoms with Crippen LogP contribution in [0.25, 0.3) is 0 Å². The number of benzene rings is 1. The predicted molar refractivity (Wildman–Crippen MR) is 82.5 cm³/mol. The van der Waals surface area contributed by atoms with Gasteiger partial charge in [-0.2, -0.15) is 0 Å². The Labute approximate surface area is 124 Å². The van der Waals surface area contributed by atoms with Crippen LogP contribution < -0.4 is 16.8 Å². The molecule has 1 atom stereocenters. The SMILES string of the molecule is CC1(C(N)=O)CCN(CCC(=O)Nc2ccccc2N)C1. The number of primary amides is 1. The van der Waals surface area contributed by atoms with Crippen LogP contribution in [-0.4, -0.2) is 36.3 Å². The molecule has 1 saturated heterocycles. The fourth-order valence-corrected chi connectivity index (χ4v) is 2.53. The third kappa shape index (κ3) is 3.72. The van der Waals surface area contributed by atoms with Crippen molar-refractivity contribution in [2.24, 2.45) is 11.1 Å². The predicted octanol–water partition coefficient (Wildman–Crippen LogP) is 0.795. The van der Waals surface area contributed by atoms with Crippen molar-refractivity contribution in [3.8, 4) is 0 Å². The minimum atomic E-state index is -0.472. The molecule has 0 radical (unpaired) electrons. The van der Waals surface area contributed by atoms with Gasteiger partial charge in [-0.15, -0.1) is 0 Å². The van der Waals surface area contributed by atoms with E-state index in [1.807, 2.05) is 19.1 Å². The molecule has 2 rings (SSSR count). The molecule has 2 amide bonds. The zero-order chi connectivity index (χ0) is 15.5. The van der Waals surface area contributed by atoms with Gasteiger partial charge >= 0.3 is 0 Å². The zero-order valence-corrected chi connectivity index (χ0v) is 12.3. The number of amides is 2. The molecule has 0 saturated carbocycles. The first kappa shape index (κ1) is 15.3. The monoisotopic (exact) mass is 290 g/mol. The van der Waals surface area contributed by atoms with Crippen LogP contribution in [0.15, 0.2) is 24.3 Å². The molecule has 1 aliphatic rings. The Morgan fingerprint density at radius 3 is 2.71 bits per heavy atom. The van der Waals surface area contributed by atoms with Crippen molar-refractivity contribution in [1.82, 2.24) is 4.90 Å². The Balaban J connectivity index is 1.81. The summed E-state index contributed by atoms with van der Waals surface area (Å²) in [6, 6.07) is 7.16. The fourth-order valence-electron chi connectivity index (χ4n) is 2.53. The molecule has 1 aromatic carbocycles. The van der Waals surface area contributed by atoms with Gasteiger partial charge in [-0.05, 0) is 32.0 Å². The largest absolute Gasteiger partial charge is 0.397 e. The first-order valence-electron chi connectivity index (χ1n) is 7.07. The van der Waals surface area contributed by atoms with Crippen LogP contribution in [0.4, 0.5) is 11.4 Å². The molecule has 0 aromatic heterocycles. The summed E-state index contributed by atoms with van der Waals surface area (Å²) in [5, 5.41) is 2.80.